The molecule has 6 heteroatoms. The van der Waals surface area contributed by atoms with Crippen molar-refractivity contribution in [3.8, 4) is 11.3 Å². The molecule has 4 nitrogen and oxygen atoms in total. The molecule has 1 aromatic carbocycles. The molecule has 0 radical (unpaired) electrons. The first-order chi connectivity index (χ1) is 12.2. The summed E-state index contributed by atoms with van der Waals surface area (Å²) >= 11 is 12.2. The molecule has 0 bridgehead atoms. The van der Waals surface area contributed by atoms with E-state index in [2.05, 4.69) is 25.9 Å². The van der Waals surface area contributed by atoms with Gasteiger partial charge in [-0.05, 0) is 43.2 Å². The molecule has 0 spiro atoms. The van der Waals surface area contributed by atoms with Gasteiger partial charge in [0.2, 0.25) is 0 Å². The van der Waals surface area contributed by atoms with Crippen LogP contribution in [0.25, 0.3) is 11.3 Å². The minimum absolute atomic E-state index is 0.434. The lowest BCUT2D eigenvalue weighted by Gasteiger charge is -2.31. The van der Waals surface area contributed by atoms with Crippen LogP contribution in [0.3, 0.4) is 0 Å². The van der Waals surface area contributed by atoms with E-state index in [0.717, 1.165) is 48.8 Å². The lowest BCUT2D eigenvalue weighted by Crippen LogP contribution is -2.33. The molecule has 128 valence electrons. The largest absolute Gasteiger partial charge is 0.357 e. The highest BCUT2D eigenvalue weighted by atomic mass is 35.5. The van der Waals surface area contributed by atoms with Gasteiger partial charge < -0.3 is 9.88 Å². The number of benzene rings is 1. The summed E-state index contributed by atoms with van der Waals surface area (Å²) in [5.41, 5.74) is 1.91. The summed E-state index contributed by atoms with van der Waals surface area (Å²) < 4.78 is 0. The van der Waals surface area contributed by atoms with Gasteiger partial charge in [-0.15, -0.1) is 0 Å². The lowest BCUT2D eigenvalue weighted by molar-refractivity contribution is 0.486. The van der Waals surface area contributed by atoms with Gasteiger partial charge in [-0.3, -0.25) is 0 Å². The Balaban J connectivity index is 1.46. The van der Waals surface area contributed by atoms with Crippen LogP contribution in [0.1, 0.15) is 24.6 Å². The predicted molar refractivity (Wildman–Crippen MR) is 102 cm³/mol. The van der Waals surface area contributed by atoms with Crippen LogP contribution in [0.2, 0.25) is 10.0 Å². The monoisotopic (exact) mass is 372 g/mol. The summed E-state index contributed by atoms with van der Waals surface area (Å²) in [6, 6.07) is 11.6. The van der Waals surface area contributed by atoms with Gasteiger partial charge in [0.05, 0.1) is 11.9 Å². The van der Waals surface area contributed by atoms with Crippen molar-refractivity contribution in [2.75, 3.05) is 18.0 Å². The van der Waals surface area contributed by atoms with Gasteiger partial charge >= 0.3 is 0 Å². The normalized spacial score (nSPS) is 15.5. The van der Waals surface area contributed by atoms with Crippen LogP contribution in [0, 0.1) is 0 Å². The maximum Gasteiger partial charge on any atom is 0.128 e. The van der Waals surface area contributed by atoms with Crippen molar-refractivity contribution >= 4 is 29.0 Å². The fourth-order valence-corrected chi connectivity index (χ4v) is 3.85. The van der Waals surface area contributed by atoms with E-state index in [9.17, 15) is 0 Å². The third kappa shape index (κ3) is 3.65. The number of hydrogen-bond acceptors (Lipinski definition) is 3. The third-order valence-electron chi connectivity index (χ3n) is 4.62. The van der Waals surface area contributed by atoms with Crippen molar-refractivity contribution in [2.45, 2.75) is 18.8 Å². The third-order valence-corrected chi connectivity index (χ3v) is 5.06. The molecule has 25 heavy (non-hydrogen) atoms. The van der Waals surface area contributed by atoms with Gasteiger partial charge in [0.15, 0.2) is 0 Å². The van der Waals surface area contributed by atoms with Crippen LogP contribution < -0.4 is 4.90 Å². The molecule has 2 aromatic heterocycles. The van der Waals surface area contributed by atoms with Crippen molar-refractivity contribution in [3.05, 3.63) is 64.7 Å². The first kappa shape index (κ1) is 16.4. The Morgan fingerprint density at radius 2 is 1.76 bits per heavy atom. The maximum atomic E-state index is 6.10. The second kappa shape index (κ2) is 7.06. The van der Waals surface area contributed by atoms with Crippen LogP contribution in [0.4, 0.5) is 5.82 Å². The number of aromatic nitrogens is 3. The van der Waals surface area contributed by atoms with E-state index in [-0.39, 0.29) is 0 Å². The molecular formula is C19H18Cl2N4. The van der Waals surface area contributed by atoms with Crippen molar-refractivity contribution in [1.82, 2.24) is 15.0 Å². The van der Waals surface area contributed by atoms with E-state index in [1.807, 2.05) is 36.7 Å². The van der Waals surface area contributed by atoms with Crippen molar-refractivity contribution in [1.29, 1.82) is 0 Å². The molecule has 1 aliphatic rings. The average Bonchev–Trinajstić information content (AvgIpc) is 3.12. The Morgan fingerprint density at radius 1 is 1.00 bits per heavy atom. The van der Waals surface area contributed by atoms with E-state index in [0.29, 0.717) is 16.0 Å². The van der Waals surface area contributed by atoms with E-state index in [1.54, 1.807) is 6.07 Å². The zero-order valence-electron chi connectivity index (χ0n) is 13.6. The number of anilines is 1. The summed E-state index contributed by atoms with van der Waals surface area (Å²) in [7, 11) is 0. The molecule has 3 heterocycles. The van der Waals surface area contributed by atoms with Crippen molar-refractivity contribution in [2.24, 2.45) is 0 Å². The number of imidazole rings is 1. The summed E-state index contributed by atoms with van der Waals surface area (Å²) in [6.45, 7) is 1.97. The standard InChI is InChI=1S/C19H18Cl2N4/c20-15-9-14(10-16(21)11-15)17-12-23-19(24-17)13-4-7-25(8-5-13)18-3-1-2-6-22-18/h1-3,6,9-13H,4-5,7-8H2,(H,23,24). The molecule has 1 N–H and O–H groups in total. The minimum Gasteiger partial charge on any atom is -0.357 e. The molecule has 1 fully saturated rings. The average molecular weight is 373 g/mol. The highest BCUT2D eigenvalue weighted by molar-refractivity contribution is 6.35. The van der Waals surface area contributed by atoms with Crippen LogP contribution in [0.15, 0.2) is 48.8 Å². The SMILES string of the molecule is Clc1cc(Cl)cc(-c2cnc(C3CCN(c4ccccn4)CC3)[nH]2)c1. The van der Waals surface area contributed by atoms with E-state index in [4.69, 9.17) is 23.2 Å². The van der Waals surface area contributed by atoms with Gasteiger partial charge in [0.25, 0.3) is 0 Å². The first-order valence-electron chi connectivity index (χ1n) is 8.36. The van der Waals surface area contributed by atoms with Crippen LogP contribution in [0.5, 0.6) is 0 Å². The van der Waals surface area contributed by atoms with Crippen LogP contribution in [-0.4, -0.2) is 28.0 Å². The Morgan fingerprint density at radius 3 is 2.44 bits per heavy atom. The van der Waals surface area contributed by atoms with E-state index < -0.39 is 0 Å². The molecule has 1 aliphatic heterocycles. The molecule has 4 rings (SSSR count). The molecule has 0 unspecified atom stereocenters. The molecule has 1 saturated heterocycles. The second-order valence-corrected chi connectivity index (χ2v) is 7.16. The molecule has 0 aliphatic carbocycles. The Labute approximate surface area is 156 Å². The van der Waals surface area contributed by atoms with Gasteiger partial charge in [-0.25, -0.2) is 9.97 Å². The van der Waals surface area contributed by atoms with E-state index >= 15 is 0 Å². The molecule has 0 amide bonds. The number of nitrogens with one attached hydrogen (secondary N) is 1. The first-order valence-corrected chi connectivity index (χ1v) is 9.12. The van der Waals surface area contributed by atoms with Gasteiger partial charge in [0, 0.05) is 40.8 Å². The Hall–Kier alpha value is -2.04. The molecule has 3 aromatic rings. The zero-order valence-corrected chi connectivity index (χ0v) is 15.1. The summed E-state index contributed by atoms with van der Waals surface area (Å²) in [5, 5.41) is 1.25. The number of pyridine rings is 1. The van der Waals surface area contributed by atoms with Crippen molar-refractivity contribution in [3.63, 3.8) is 0 Å². The number of rotatable bonds is 3. The number of piperidine rings is 1. The Bertz CT molecular complexity index is 835. The predicted octanol–water partition coefficient (Wildman–Crippen LogP) is 5.16. The lowest BCUT2D eigenvalue weighted by atomic mass is 9.96. The number of aromatic amines is 1. The highest BCUT2D eigenvalue weighted by Crippen LogP contribution is 2.31. The summed E-state index contributed by atoms with van der Waals surface area (Å²) in [6.07, 6.45) is 5.82. The molecule has 0 atom stereocenters. The maximum absolute atomic E-state index is 6.10. The highest BCUT2D eigenvalue weighted by Gasteiger charge is 2.23. The van der Waals surface area contributed by atoms with Gasteiger partial charge in [-0.1, -0.05) is 29.3 Å². The van der Waals surface area contributed by atoms with Gasteiger partial charge in [-0.2, -0.15) is 0 Å². The van der Waals surface area contributed by atoms with Gasteiger partial charge in [0.1, 0.15) is 11.6 Å². The number of halogens is 2. The topological polar surface area (TPSA) is 44.8 Å². The smallest absolute Gasteiger partial charge is 0.128 e. The zero-order chi connectivity index (χ0) is 17.2. The van der Waals surface area contributed by atoms with Crippen LogP contribution >= 0.6 is 23.2 Å². The molecular weight excluding hydrogens is 355 g/mol. The fourth-order valence-electron chi connectivity index (χ4n) is 3.32. The number of hydrogen-bond donors (Lipinski definition) is 1. The minimum atomic E-state index is 0.434. The van der Waals surface area contributed by atoms with E-state index in [1.165, 1.54) is 0 Å². The Kier molecular flexibility index (Phi) is 4.64. The fraction of sp³-hybridized carbons (Fsp3) is 0.263. The molecule has 0 saturated carbocycles. The van der Waals surface area contributed by atoms with Crippen molar-refractivity contribution < 1.29 is 0 Å². The number of nitrogens with zero attached hydrogens (tertiary/aromatic N) is 3. The summed E-state index contributed by atoms with van der Waals surface area (Å²) in [5.74, 6) is 2.52. The summed E-state index contributed by atoms with van der Waals surface area (Å²) in [4.78, 5) is 14.8. The number of H-pyrrole nitrogens is 1. The second-order valence-electron chi connectivity index (χ2n) is 6.29. The van der Waals surface area contributed by atoms with Crippen LogP contribution in [-0.2, 0) is 0 Å². The quantitative estimate of drug-likeness (QED) is 0.690.